The second-order valence-electron chi connectivity index (χ2n) is 2.42. The maximum atomic E-state index is 12.2. The van der Waals surface area contributed by atoms with E-state index in [0.717, 1.165) is 6.92 Å². The number of nitrogens with two attached hydrogens (primary N) is 1. The first-order valence-electron chi connectivity index (χ1n) is 3.62. The molecule has 0 aliphatic rings. The molecule has 0 bridgehead atoms. The lowest BCUT2D eigenvalue weighted by atomic mass is 10.2. The second kappa shape index (κ2) is 5.13. The highest BCUT2D eigenvalue weighted by Crippen LogP contribution is 2.27. The van der Waals surface area contributed by atoms with Crippen molar-refractivity contribution in [2.24, 2.45) is 10.7 Å². The van der Waals surface area contributed by atoms with Crippen LogP contribution in [0.5, 0.6) is 0 Å². The van der Waals surface area contributed by atoms with Crippen LogP contribution in [-0.2, 0) is 0 Å². The Morgan fingerprint density at radius 1 is 1.53 bits per heavy atom. The summed E-state index contributed by atoms with van der Waals surface area (Å²) >= 11 is 0. The third-order valence-electron chi connectivity index (χ3n) is 1.28. The van der Waals surface area contributed by atoms with Gasteiger partial charge in [0.15, 0.2) is 0 Å². The molecule has 0 aromatic rings. The maximum absolute atomic E-state index is 12.2. The van der Waals surface area contributed by atoms with Gasteiger partial charge in [-0.2, -0.15) is 13.2 Å². The Balaban J connectivity index is 5.16. The van der Waals surface area contributed by atoms with Gasteiger partial charge >= 0.3 is 6.18 Å². The fourth-order valence-electron chi connectivity index (χ4n) is 0.593. The van der Waals surface area contributed by atoms with E-state index in [1.807, 2.05) is 0 Å². The molecule has 84 valence electrons. The summed E-state index contributed by atoms with van der Waals surface area (Å²) < 4.78 is 36.7. The molecule has 0 amide bonds. The summed E-state index contributed by atoms with van der Waals surface area (Å²) in [4.78, 5) is 12.2. The topological polar surface area (TPSA) is 81.5 Å². The van der Waals surface area contributed by atoms with Gasteiger partial charge in [-0.1, -0.05) is 0 Å². The molecule has 0 aromatic carbocycles. The number of halogens is 3. The lowest BCUT2D eigenvalue weighted by molar-refractivity contribution is -0.424. The van der Waals surface area contributed by atoms with E-state index < -0.39 is 22.4 Å². The lowest BCUT2D eigenvalue weighted by Crippen LogP contribution is -2.11. The van der Waals surface area contributed by atoms with Crippen LogP contribution in [0, 0.1) is 10.1 Å². The molecular formula is C7H8F3N3O2. The third-order valence-corrected chi connectivity index (χ3v) is 1.28. The van der Waals surface area contributed by atoms with Crippen molar-refractivity contribution < 1.29 is 18.1 Å². The summed E-state index contributed by atoms with van der Waals surface area (Å²) in [5.41, 5.74) is 2.88. The minimum absolute atomic E-state index is 0.382. The molecule has 0 fully saturated rings. The largest absolute Gasteiger partial charge is 0.418 e. The van der Waals surface area contributed by atoms with Gasteiger partial charge in [-0.15, -0.1) is 0 Å². The molecule has 8 heteroatoms. The van der Waals surface area contributed by atoms with Crippen molar-refractivity contribution in [3.05, 3.63) is 33.7 Å². The van der Waals surface area contributed by atoms with E-state index in [2.05, 4.69) is 4.99 Å². The number of nitrogens with zero attached hydrogens (tertiary/aromatic N) is 2. The Kier molecular flexibility index (Phi) is 4.49. The molecule has 2 N–H and O–H groups in total. The maximum Gasteiger partial charge on any atom is 0.418 e. The van der Waals surface area contributed by atoms with Crippen LogP contribution in [0.3, 0.4) is 0 Å². The summed E-state index contributed by atoms with van der Waals surface area (Å²) in [6.45, 7) is 0.950. The van der Waals surface area contributed by atoms with E-state index in [1.165, 1.54) is 0 Å². The normalized spacial score (nSPS) is 14.7. The number of rotatable bonds is 3. The molecule has 0 atom stereocenters. The van der Waals surface area contributed by atoms with Crippen molar-refractivity contribution >= 4 is 6.34 Å². The predicted octanol–water partition coefficient (Wildman–Crippen LogP) is 1.60. The van der Waals surface area contributed by atoms with E-state index in [9.17, 15) is 23.3 Å². The van der Waals surface area contributed by atoms with Gasteiger partial charge in [0.1, 0.15) is 0 Å². The lowest BCUT2D eigenvalue weighted by Gasteiger charge is -2.05. The monoisotopic (exact) mass is 223 g/mol. The molecule has 0 aliphatic carbocycles. The van der Waals surface area contributed by atoms with Crippen LogP contribution in [0.4, 0.5) is 13.2 Å². The standard InChI is InChI=1S/C7H8F3N3O2/c1-5(13(14)15)2-6(3-12-4-11)7(8,9)10/h2-4H,1H3,(H2,11,12)/b5-2+,6-3+. The quantitative estimate of drug-likeness (QED) is 0.259. The molecule has 0 aromatic heterocycles. The van der Waals surface area contributed by atoms with Crippen LogP contribution < -0.4 is 5.73 Å². The van der Waals surface area contributed by atoms with E-state index in [-0.39, 0.29) is 0 Å². The van der Waals surface area contributed by atoms with E-state index in [1.54, 1.807) is 0 Å². The first-order valence-corrected chi connectivity index (χ1v) is 3.62. The molecule has 0 saturated heterocycles. The zero-order valence-corrected chi connectivity index (χ0v) is 7.65. The average Bonchev–Trinajstić information content (AvgIpc) is 2.09. The van der Waals surface area contributed by atoms with Crippen LogP contribution in [0.25, 0.3) is 0 Å². The number of nitro groups is 1. The van der Waals surface area contributed by atoms with Gasteiger partial charge in [0.25, 0.3) is 0 Å². The van der Waals surface area contributed by atoms with Crippen LogP contribution >= 0.6 is 0 Å². The van der Waals surface area contributed by atoms with Gasteiger partial charge in [-0.25, -0.2) is 4.99 Å². The van der Waals surface area contributed by atoms with Crippen molar-refractivity contribution in [2.75, 3.05) is 0 Å². The van der Waals surface area contributed by atoms with Gasteiger partial charge in [-0.3, -0.25) is 10.1 Å². The van der Waals surface area contributed by atoms with Gasteiger partial charge < -0.3 is 5.73 Å². The third kappa shape index (κ3) is 4.79. The first-order chi connectivity index (χ1) is 6.79. The summed E-state index contributed by atoms with van der Waals surface area (Å²) in [6.07, 6.45) is -3.26. The first kappa shape index (κ1) is 13.1. The molecule has 0 radical (unpaired) electrons. The number of hydrogen-bond acceptors (Lipinski definition) is 3. The zero-order chi connectivity index (χ0) is 12.1. The van der Waals surface area contributed by atoms with E-state index in [0.29, 0.717) is 18.6 Å². The van der Waals surface area contributed by atoms with Crippen molar-refractivity contribution in [1.82, 2.24) is 0 Å². The van der Waals surface area contributed by atoms with Crippen LogP contribution in [0.15, 0.2) is 28.5 Å². The summed E-state index contributed by atoms with van der Waals surface area (Å²) in [5.74, 6) is 0. The summed E-state index contributed by atoms with van der Waals surface area (Å²) in [6, 6.07) is 0. The molecular weight excluding hydrogens is 215 g/mol. The summed E-state index contributed by atoms with van der Waals surface area (Å²) in [5, 5.41) is 10.1. The smallest absolute Gasteiger partial charge is 0.390 e. The molecule has 0 spiro atoms. The van der Waals surface area contributed by atoms with Gasteiger partial charge in [0.2, 0.25) is 5.70 Å². The van der Waals surface area contributed by atoms with Crippen molar-refractivity contribution in [3.8, 4) is 0 Å². The molecule has 5 nitrogen and oxygen atoms in total. The number of allylic oxidation sites excluding steroid dienone is 3. The second-order valence-corrected chi connectivity index (χ2v) is 2.42. The highest BCUT2D eigenvalue weighted by atomic mass is 19.4. The van der Waals surface area contributed by atoms with E-state index in [4.69, 9.17) is 5.73 Å². The fourth-order valence-corrected chi connectivity index (χ4v) is 0.593. The molecule has 0 rings (SSSR count). The zero-order valence-electron chi connectivity index (χ0n) is 7.65. The number of aliphatic imine (C=N–C) groups is 1. The minimum atomic E-state index is -4.70. The SMILES string of the molecule is C/C(=C\C(=C/N=CN)C(F)(F)F)[N+](=O)[O-]. The molecule has 15 heavy (non-hydrogen) atoms. The molecule has 0 unspecified atom stereocenters. The Hall–Kier alpha value is -1.86. The predicted molar refractivity (Wildman–Crippen MR) is 47.6 cm³/mol. The highest BCUT2D eigenvalue weighted by molar-refractivity contribution is 5.52. The Labute approximate surface area is 82.9 Å². The van der Waals surface area contributed by atoms with E-state index >= 15 is 0 Å². The highest BCUT2D eigenvalue weighted by Gasteiger charge is 2.33. The van der Waals surface area contributed by atoms with Crippen molar-refractivity contribution in [1.29, 1.82) is 0 Å². The molecule has 0 heterocycles. The van der Waals surface area contributed by atoms with Crippen molar-refractivity contribution in [3.63, 3.8) is 0 Å². The Morgan fingerprint density at radius 3 is 2.40 bits per heavy atom. The number of hydrogen-bond donors (Lipinski definition) is 1. The van der Waals surface area contributed by atoms with Crippen molar-refractivity contribution in [2.45, 2.75) is 13.1 Å². The van der Waals surface area contributed by atoms with Gasteiger partial charge in [-0.05, 0) is 0 Å². The Morgan fingerprint density at radius 2 is 2.07 bits per heavy atom. The van der Waals surface area contributed by atoms with Crippen LogP contribution in [0.1, 0.15) is 6.92 Å². The Bertz CT molecular complexity index is 331. The molecule has 0 saturated carbocycles. The van der Waals surface area contributed by atoms with Gasteiger partial charge in [0.05, 0.1) is 16.8 Å². The van der Waals surface area contributed by atoms with Crippen LogP contribution in [-0.4, -0.2) is 17.4 Å². The summed E-state index contributed by atoms with van der Waals surface area (Å²) in [7, 11) is 0. The fraction of sp³-hybridized carbons (Fsp3) is 0.286. The average molecular weight is 223 g/mol. The molecule has 0 aliphatic heterocycles. The number of alkyl halides is 3. The van der Waals surface area contributed by atoms with Crippen LogP contribution in [0.2, 0.25) is 0 Å². The minimum Gasteiger partial charge on any atom is -0.390 e. The van der Waals surface area contributed by atoms with Gasteiger partial charge in [0, 0.05) is 19.2 Å².